The highest BCUT2D eigenvalue weighted by Crippen LogP contribution is 2.25. The predicted octanol–water partition coefficient (Wildman–Crippen LogP) is 2.67. The van der Waals surface area contributed by atoms with Gasteiger partial charge in [-0.1, -0.05) is 13.3 Å². The van der Waals surface area contributed by atoms with Crippen molar-refractivity contribution in [2.24, 2.45) is 0 Å². The summed E-state index contributed by atoms with van der Waals surface area (Å²) < 4.78 is 5.76. The van der Waals surface area contributed by atoms with Gasteiger partial charge in [0.15, 0.2) is 5.82 Å². The lowest BCUT2D eigenvalue weighted by Gasteiger charge is -2.22. The molecule has 2 heterocycles. The molecule has 1 saturated heterocycles. The van der Waals surface area contributed by atoms with E-state index in [0.717, 1.165) is 54.8 Å². The lowest BCUT2D eigenvalue weighted by molar-refractivity contribution is 0.0693. The second-order valence-electron chi connectivity index (χ2n) is 4.32. The molecule has 1 N–H and O–H groups in total. The number of nitrogens with one attached hydrogen (secondary N) is 1. The minimum Gasteiger partial charge on any atom is -0.370 e. The summed E-state index contributed by atoms with van der Waals surface area (Å²) in [6.45, 7) is 5.92. The van der Waals surface area contributed by atoms with Gasteiger partial charge in [0.2, 0.25) is 0 Å². The number of aryl methyl sites for hydroxylation is 1. The summed E-state index contributed by atoms with van der Waals surface area (Å²) in [6, 6.07) is 2.05. The molecule has 0 aliphatic carbocycles. The molecule has 0 bridgehead atoms. The Labute approximate surface area is 113 Å². The maximum absolute atomic E-state index is 5.76. The molecule has 1 aromatic heterocycles. The van der Waals surface area contributed by atoms with Gasteiger partial charge >= 0.3 is 0 Å². The zero-order valence-electron chi connectivity index (χ0n) is 11.1. The van der Waals surface area contributed by atoms with Crippen LogP contribution in [-0.2, 0) is 11.2 Å². The fourth-order valence-corrected chi connectivity index (χ4v) is 2.79. The summed E-state index contributed by atoms with van der Waals surface area (Å²) in [5, 5.41) is 3.27. The SMILES string of the molecule is CCCc1cc(NCC)nc(C2CSCCO2)n1. The van der Waals surface area contributed by atoms with E-state index < -0.39 is 0 Å². The summed E-state index contributed by atoms with van der Waals surface area (Å²) in [6.07, 6.45) is 2.15. The molecule has 1 fully saturated rings. The van der Waals surface area contributed by atoms with E-state index in [2.05, 4.69) is 29.1 Å². The molecule has 0 radical (unpaired) electrons. The van der Waals surface area contributed by atoms with Crippen LogP contribution in [0.15, 0.2) is 6.07 Å². The third kappa shape index (κ3) is 3.59. The van der Waals surface area contributed by atoms with Crippen molar-refractivity contribution >= 4 is 17.6 Å². The quantitative estimate of drug-likeness (QED) is 0.888. The Morgan fingerprint density at radius 1 is 1.44 bits per heavy atom. The van der Waals surface area contributed by atoms with Gasteiger partial charge in [0.05, 0.1) is 6.61 Å². The maximum Gasteiger partial charge on any atom is 0.160 e. The molecule has 1 aromatic rings. The van der Waals surface area contributed by atoms with Gasteiger partial charge in [-0.15, -0.1) is 0 Å². The van der Waals surface area contributed by atoms with E-state index in [1.165, 1.54) is 0 Å². The van der Waals surface area contributed by atoms with E-state index in [-0.39, 0.29) is 6.10 Å². The van der Waals surface area contributed by atoms with Crippen LogP contribution in [0, 0.1) is 0 Å². The number of hydrogen-bond acceptors (Lipinski definition) is 5. The average Bonchev–Trinajstić information content (AvgIpc) is 2.40. The number of rotatable bonds is 5. The molecule has 100 valence electrons. The second kappa shape index (κ2) is 6.95. The van der Waals surface area contributed by atoms with Crippen LogP contribution in [0.1, 0.15) is 37.9 Å². The van der Waals surface area contributed by atoms with Gasteiger partial charge in [-0.2, -0.15) is 11.8 Å². The highest BCUT2D eigenvalue weighted by molar-refractivity contribution is 7.99. The monoisotopic (exact) mass is 267 g/mol. The van der Waals surface area contributed by atoms with Gasteiger partial charge < -0.3 is 10.1 Å². The fourth-order valence-electron chi connectivity index (χ4n) is 1.95. The van der Waals surface area contributed by atoms with Crippen LogP contribution in [0.4, 0.5) is 5.82 Å². The molecule has 0 spiro atoms. The predicted molar refractivity (Wildman–Crippen MR) is 76.2 cm³/mol. The lowest BCUT2D eigenvalue weighted by Crippen LogP contribution is -2.19. The Kier molecular flexibility index (Phi) is 5.26. The molecule has 4 nitrogen and oxygen atoms in total. The van der Waals surface area contributed by atoms with E-state index in [1.54, 1.807) is 0 Å². The van der Waals surface area contributed by atoms with E-state index in [1.807, 2.05) is 17.8 Å². The Bertz CT molecular complexity index is 356. The van der Waals surface area contributed by atoms with Crippen LogP contribution in [0.2, 0.25) is 0 Å². The standard InChI is InChI=1S/C13H21N3OS/c1-3-5-10-8-12(14-4-2)16-13(15-10)11-9-18-7-6-17-11/h8,11H,3-7,9H2,1-2H3,(H,14,15,16). The Morgan fingerprint density at radius 3 is 3.00 bits per heavy atom. The summed E-state index contributed by atoms with van der Waals surface area (Å²) in [4.78, 5) is 9.21. The number of aromatic nitrogens is 2. The van der Waals surface area contributed by atoms with Crippen molar-refractivity contribution in [3.63, 3.8) is 0 Å². The molecular weight excluding hydrogens is 246 g/mol. The van der Waals surface area contributed by atoms with Gasteiger partial charge in [-0.25, -0.2) is 9.97 Å². The van der Waals surface area contributed by atoms with Gasteiger partial charge in [-0.05, 0) is 13.3 Å². The van der Waals surface area contributed by atoms with Crippen molar-refractivity contribution in [2.75, 3.05) is 30.0 Å². The van der Waals surface area contributed by atoms with Crippen molar-refractivity contribution in [3.8, 4) is 0 Å². The first-order valence-corrected chi connectivity index (χ1v) is 7.80. The van der Waals surface area contributed by atoms with Gasteiger partial charge in [0.25, 0.3) is 0 Å². The van der Waals surface area contributed by atoms with Gasteiger partial charge in [0.1, 0.15) is 11.9 Å². The third-order valence-electron chi connectivity index (χ3n) is 2.76. The van der Waals surface area contributed by atoms with Crippen LogP contribution in [-0.4, -0.2) is 34.6 Å². The molecule has 0 aromatic carbocycles. The van der Waals surface area contributed by atoms with Crippen LogP contribution >= 0.6 is 11.8 Å². The maximum atomic E-state index is 5.76. The van der Waals surface area contributed by atoms with Crippen LogP contribution in [0.25, 0.3) is 0 Å². The Morgan fingerprint density at radius 2 is 2.33 bits per heavy atom. The molecule has 1 aliphatic heterocycles. The highest BCUT2D eigenvalue weighted by Gasteiger charge is 2.20. The number of anilines is 1. The molecule has 0 saturated carbocycles. The molecule has 18 heavy (non-hydrogen) atoms. The van der Waals surface area contributed by atoms with E-state index in [9.17, 15) is 0 Å². The summed E-state index contributed by atoms with van der Waals surface area (Å²) in [5.74, 6) is 3.79. The molecule has 1 atom stereocenters. The largest absolute Gasteiger partial charge is 0.370 e. The van der Waals surface area contributed by atoms with Crippen molar-refractivity contribution in [2.45, 2.75) is 32.8 Å². The third-order valence-corrected chi connectivity index (χ3v) is 3.76. The van der Waals surface area contributed by atoms with Crippen molar-refractivity contribution in [3.05, 3.63) is 17.6 Å². The molecule has 1 aliphatic rings. The minimum atomic E-state index is 0.0537. The van der Waals surface area contributed by atoms with E-state index in [0.29, 0.717) is 0 Å². The summed E-state index contributed by atoms with van der Waals surface area (Å²) in [5.41, 5.74) is 1.11. The molecule has 1 unspecified atom stereocenters. The first-order valence-electron chi connectivity index (χ1n) is 6.64. The van der Waals surface area contributed by atoms with Crippen LogP contribution in [0.5, 0.6) is 0 Å². The molecule has 5 heteroatoms. The number of ether oxygens (including phenoxy) is 1. The Hall–Kier alpha value is -0.810. The zero-order valence-corrected chi connectivity index (χ0v) is 11.9. The summed E-state index contributed by atoms with van der Waals surface area (Å²) in [7, 11) is 0. The van der Waals surface area contributed by atoms with Gasteiger partial charge in [0, 0.05) is 29.8 Å². The highest BCUT2D eigenvalue weighted by atomic mass is 32.2. The van der Waals surface area contributed by atoms with Crippen molar-refractivity contribution in [1.82, 2.24) is 9.97 Å². The number of hydrogen-bond donors (Lipinski definition) is 1. The number of thioether (sulfide) groups is 1. The molecule has 2 rings (SSSR count). The van der Waals surface area contributed by atoms with Gasteiger partial charge in [-0.3, -0.25) is 0 Å². The topological polar surface area (TPSA) is 47.0 Å². The fraction of sp³-hybridized carbons (Fsp3) is 0.692. The Balaban J connectivity index is 2.20. The number of nitrogens with zero attached hydrogens (tertiary/aromatic N) is 2. The average molecular weight is 267 g/mol. The van der Waals surface area contributed by atoms with E-state index in [4.69, 9.17) is 4.74 Å². The lowest BCUT2D eigenvalue weighted by atomic mass is 10.2. The first kappa shape index (κ1) is 13.6. The van der Waals surface area contributed by atoms with Crippen LogP contribution < -0.4 is 5.32 Å². The normalized spacial score (nSPS) is 19.8. The van der Waals surface area contributed by atoms with E-state index >= 15 is 0 Å². The smallest absolute Gasteiger partial charge is 0.160 e. The molecular formula is C13H21N3OS. The zero-order chi connectivity index (χ0) is 12.8. The minimum absolute atomic E-state index is 0.0537. The molecule has 0 amide bonds. The van der Waals surface area contributed by atoms with Crippen molar-refractivity contribution < 1.29 is 4.74 Å². The first-order chi connectivity index (χ1) is 8.83. The van der Waals surface area contributed by atoms with Crippen LogP contribution in [0.3, 0.4) is 0 Å². The summed E-state index contributed by atoms with van der Waals surface area (Å²) >= 11 is 1.91. The second-order valence-corrected chi connectivity index (χ2v) is 5.47. The van der Waals surface area contributed by atoms with Crippen molar-refractivity contribution in [1.29, 1.82) is 0 Å².